The largest absolute Gasteiger partial charge is 0.472 e. The number of ether oxygens (including phenoxy) is 4. The Kier molecular flexibility index (Phi) is 15.5. The molecular weight excluding hydrogens is 1130 g/mol. The Hall–Kier alpha value is -6.39. The van der Waals surface area contributed by atoms with Crippen LogP contribution in [0, 0.1) is 0 Å². The molecule has 0 saturated carbocycles. The van der Waals surface area contributed by atoms with Gasteiger partial charge in [-0.1, -0.05) is 0 Å². The first kappa shape index (κ1) is 55.9. The van der Waals surface area contributed by atoms with Gasteiger partial charge in [-0.05, 0) is 0 Å². The number of aromatic amines is 2. The molecule has 0 radical (unpaired) electrons. The summed E-state index contributed by atoms with van der Waals surface area (Å²) in [5.74, 6) is -1.28. The number of aromatic nitrogens is 14. The summed E-state index contributed by atoms with van der Waals surface area (Å²) in [5, 5.41) is 20.9. The Labute approximate surface area is 437 Å². The molecule has 0 aliphatic carbocycles. The summed E-state index contributed by atoms with van der Waals surface area (Å²) in [6.07, 6.45) is -13.5. The number of imidazole rings is 2. The van der Waals surface area contributed by atoms with E-state index in [1.165, 1.54) is 21.8 Å². The Balaban J connectivity index is 0.809. The smallest absolute Gasteiger partial charge is 0.394 e. The first-order valence-electron chi connectivity index (χ1n) is 23.2. The summed E-state index contributed by atoms with van der Waals surface area (Å²) in [6, 6.07) is 0. The number of phosphoric ester groups is 3. The molecule has 43 heteroatoms. The minimum atomic E-state index is -5.40. The number of nitrogen functional groups attached to an aromatic ring is 4. The highest BCUT2D eigenvalue weighted by Gasteiger charge is 2.48. The van der Waals surface area contributed by atoms with E-state index in [0.717, 1.165) is 21.8 Å². The highest BCUT2D eigenvalue weighted by Crippen LogP contribution is 2.53. The number of nitrogens with one attached hydrogen (secondary N) is 2. The molecule has 6 aromatic heterocycles. The van der Waals surface area contributed by atoms with Gasteiger partial charge in [0.25, 0.3) is 11.1 Å². The fourth-order valence-electron chi connectivity index (χ4n) is 8.97. The third-order valence-electron chi connectivity index (χ3n) is 12.6. The molecule has 15 N–H and O–H groups in total. The van der Waals surface area contributed by atoms with Gasteiger partial charge in [0.05, 0.1) is 45.2 Å². The lowest BCUT2D eigenvalue weighted by atomic mass is 10.2. The second-order valence-electron chi connectivity index (χ2n) is 17.8. The lowest BCUT2D eigenvalue weighted by molar-refractivity contribution is -0.0636. The van der Waals surface area contributed by atoms with E-state index in [0.29, 0.717) is 0 Å². The predicted octanol–water partition coefficient (Wildman–Crippen LogP) is -4.10. The van der Waals surface area contributed by atoms with Crippen molar-refractivity contribution in [3.05, 3.63) is 67.0 Å². The van der Waals surface area contributed by atoms with Crippen LogP contribution in [0.3, 0.4) is 0 Å². The van der Waals surface area contributed by atoms with Crippen LogP contribution in [0.2, 0.25) is 0 Å². The molecule has 428 valence electrons. The minimum absolute atomic E-state index is 0.00204. The van der Waals surface area contributed by atoms with Gasteiger partial charge < -0.3 is 66.8 Å². The molecule has 0 aromatic carbocycles. The standard InChI is InChI=1S/C36H47N18O22P3/c37-31-43-11-53(35(59)49-31)23-3-15(75-77(61,62)67-6-18-13(56)1-21(71-18)51-9-41-25-27(51)45-33(39)47-29(25)57)20(73-23)8-69-79(65,66)76-16-4-24(54-12-44-32(38)50-36(54)60)72-19(16)7-68-78(63,64)74-14-2-22(70-17(14)5-55)52-10-42-26-28(52)46-34(40)48-30(26)58/h9-24,55-56H,1-8H2,(H,61,62)(H,63,64)(H,65,66)(H2,37,49,59)(H2,38,50,60)(H3,39,45,47,57)(H3,40,46,48,58)/t13?,14?,15?,16?,17-,18-,19-,20-,21-,22-,23-,24-/m1/s1. The number of rotatable bonds is 20. The molecule has 4 fully saturated rings. The first-order chi connectivity index (χ1) is 37.4. The van der Waals surface area contributed by atoms with Crippen LogP contribution in [0.1, 0.15) is 50.6 Å². The molecule has 6 aromatic rings. The van der Waals surface area contributed by atoms with Crippen LogP contribution in [0.15, 0.2) is 44.5 Å². The Bertz CT molecular complexity index is 3650. The van der Waals surface area contributed by atoms with E-state index in [4.69, 9.17) is 69.0 Å². The highest BCUT2D eigenvalue weighted by molar-refractivity contribution is 7.48. The number of fused-ring (bicyclic) bond motifs is 2. The normalized spacial score (nSPS) is 29.5. The molecule has 4 aliphatic heterocycles. The maximum Gasteiger partial charge on any atom is 0.472 e. The zero-order valence-corrected chi connectivity index (χ0v) is 42.8. The maximum atomic E-state index is 13.8. The average molecular weight is 1180 g/mol. The van der Waals surface area contributed by atoms with Crippen LogP contribution in [0.25, 0.3) is 22.3 Å². The van der Waals surface area contributed by atoms with Gasteiger partial charge >= 0.3 is 34.8 Å². The van der Waals surface area contributed by atoms with Crippen molar-refractivity contribution >= 4 is 69.6 Å². The SMILES string of the molecule is Nc1ncn([C@H]2CC(OP(=O)(O)OC[C@H]3O[C@@H](n4cnc5c(=O)[nH]c(N)nc54)CC3O)[C@@H](COP(=O)(O)OC3C[C@H](n4cnc(N)nc4=O)O[C@@H]3COP(=O)(O)OC3C[C@H](n4cnc5c(=O)[nH]c(N)nc54)O[C@@H]3CO)O2)c(=O)n1. The van der Waals surface area contributed by atoms with Crippen molar-refractivity contribution in [1.29, 1.82) is 0 Å². The summed E-state index contributed by atoms with van der Waals surface area (Å²) in [6.45, 7) is -3.45. The van der Waals surface area contributed by atoms with Crippen LogP contribution < -0.4 is 45.4 Å². The van der Waals surface area contributed by atoms with Crippen molar-refractivity contribution < 1.29 is 84.7 Å². The van der Waals surface area contributed by atoms with Gasteiger partial charge in [-0.25, -0.2) is 43.2 Å². The van der Waals surface area contributed by atoms with E-state index in [1.54, 1.807) is 0 Å². The Morgan fingerprint density at radius 2 is 0.886 bits per heavy atom. The second-order valence-corrected chi connectivity index (χ2v) is 22.0. The molecule has 7 unspecified atom stereocenters. The van der Waals surface area contributed by atoms with Crippen molar-refractivity contribution in [3.63, 3.8) is 0 Å². The molecule has 79 heavy (non-hydrogen) atoms. The first-order valence-corrected chi connectivity index (χ1v) is 27.6. The lowest BCUT2D eigenvalue weighted by Gasteiger charge is -2.25. The summed E-state index contributed by atoms with van der Waals surface area (Å²) >= 11 is 0. The molecule has 0 bridgehead atoms. The number of anilines is 4. The molecule has 15 atom stereocenters. The summed E-state index contributed by atoms with van der Waals surface area (Å²) in [7, 11) is -15.8. The van der Waals surface area contributed by atoms with Crippen LogP contribution in [0.4, 0.5) is 23.8 Å². The Morgan fingerprint density at radius 3 is 1.30 bits per heavy atom. The van der Waals surface area contributed by atoms with E-state index < -0.39 is 171 Å². The minimum Gasteiger partial charge on any atom is -0.394 e. The van der Waals surface area contributed by atoms with Gasteiger partial charge in [-0.3, -0.25) is 65.0 Å². The molecule has 0 spiro atoms. The fraction of sp³-hybridized carbons (Fsp3) is 0.556. The van der Waals surface area contributed by atoms with Gasteiger partial charge in [-0.2, -0.15) is 19.9 Å². The van der Waals surface area contributed by atoms with Crippen molar-refractivity contribution in [2.75, 3.05) is 49.4 Å². The Morgan fingerprint density at radius 1 is 0.532 bits per heavy atom. The number of nitrogens with two attached hydrogens (primary N) is 4. The topological polar surface area (TPSA) is 571 Å². The number of aliphatic hydroxyl groups is 2. The van der Waals surface area contributed by atoms with Crippen LogP contribution >= 0.6 is 23.5 Å². The average Bonchev–Trinajstić information content (AvgIpc) is 4.46. The van der Waals surface area contributed by atoms with Crippen LogP contribution in [0.5, 0.6) is 0 Å². The second kappa shape index (κ2) is 21.9. The number of nitrogens with zero attached hydrogens (tertiary/aromatic N) is 12. The van der Waals surface area contributed by atoms with E-state index in [1.807, 2.05) is 0 Å². The van der Waals surface area contributed by atoms with Crippen LogP contribution in [-0.2, 0) is 59.8 Å². The highest BCUT2D eigenvalue weighted by atomic mass is 31.2. The van der Waals surface area contributed by atoms with Crippen molar-refractivity contribution in [1.82, 2.24) is 68.1 Å². The zero-order chi connectivity index (χ0) is 56.3. The molecule has 40 nitrogen and oxygen atoms in total. The number of hydrogen-bond acceptors (Lipinski definition) is 31. The van der Waals surface area contributed by atoms with E-state index in [-0.39, 0.29) is 47.1 Å². The van der Waals surface area contributed by atoms with Gasteiger partial charge in [0, 0.05) is 25.7 Å². The summed E-state index contributed by atoms with van der Waals surface area (Å²) in [5.41, 5.74) is 19.1. The van der Waals surface area contributed by atoms with E-state index in [2.05, 4.69) is 49.8 Å². The zero-order valence-electron chi connectivity index (χ0n) is 40.1. The number of aliphatic hydroxyl groups excluding tert-OH is 2. The molecule has 4 saturated heterocycles. The molecule has 4 aliphatic rings. The number of phosphoric acid groups is 3. The van der Waals surface area contributed by atoms with Crippen LogP contribution in [-0.4, -0.2) is 168 Å². The molecular formula is C36H47N18O22P3. The van der Waals surface area contributed by atoms with Gasteiger partial charge in [-0.15, -0.1) is 0 Å². The predicted molar refractivity (Wildman–Crippen MR) is 256 cm³/mol. The maximum absolute atomic E-state index is 13.8. The van der Waals surface area contributed by atoms with Gasteiger partial charge in [0.15, 0.2) is 22.3 Å². The quantitative estimate of drug-likeness (QED) is 0.0324. The summed E-state index contributed by atoms with van der Waals surface area (Å²) in [4.78, 5) is 119. The fourth-order valence-corrected chi connectivity index (χ4v) is 11.8. The number of hydrogen-bond donors (Lipinski definition) is 11. The van der Waals surface area contributed by atoms with Crippen molar-refractivity contribution in [3.8, 4) is 0 Å². The van der Waals surface area contributed by atoms with E-state index >= 15 is 0 Å². The van der Waals surface area contributed by atoms with E-state index in [9.17, 15) is 57.8 Å². The molecule has 10 heterocycles. The third kappa shape index (κ3) is 12.2. The monoisotopic (exact) mass is 1180 g/mol. The van der Waals surface area contributed by atoms with Crippen molar-refractivity contribution in [2.45, 2.75) is 99.4 Å². The number of H-pyrrole nitrogens is 2. The van der Waals surface area contributed by atoms with Gasteiger partial charge in [0.2, 0.25) is 23.8 Å². The third-order valence-corrected chi connectivity index (χ3v) is 15.6. The van der Waals surface area contributed by atoms with Gasteiger partial charge in [0.1, 0.15) is 80.3 Å². The molecule has 10 rings (SSSR count). The lowest BCUT2D eigenvalue weighted by Crippen LogP contribution is -2.32. The molecule has 0 amide bonds. The van der Waals surface area contributed by atoms with Crippen molar-refractivity contribution in [2.24, 2.45) is 0 Å². The summed E-state index contributed by atoms with van der Waals surface area (Å²) < 4.78 is 101.